The van der Waals surface area contributed by atoms with E-state index in [9.17, 15) is 4.79 Å². The fourth-order valence-electron chi connectivity index (χ4n) is 3.07. The third kappa shape index (κ3) is 4.37. The SMILES string of the molecule is Cc1cc(C)c(C)c(OCC(=O)NCc2ccccc2-n2ccnc2C)c1. The number of para-hydroxylation sites is 1. The van der Waals surface area contributed by atoms with Gasteiger partial charge >= 0.3 is 0 Å². The molecule has 1 amide bonds. The summed E-state index contributed by atoms with van der Waals surface area (Å²) in [5.41, 5.74) is 5.39. The molecule has 0 aliphatic rings. The summed E-state index contributed by atoms with van der Waals surface area (Å²) in [6.45, 7) is 8.46. The van der Waals surface area contributed by atoms with Gasteiger partial charge in [-0.25, -0.2) is 4.98 Å². The first-order valence-corrected chi connectivity index (χ1v) is 9.01. The minimum Gasteiger partial charge on any atom is -0.483 e. The molecule has 140 valence electrons. The van der Waals surface area contributed by atoms with Gasteiger partial charge in [0.2, 0.25) is 0 Å². The lowest BCUT2D eigenvalue weighted by atomic mass is 10.1. The summed E-state index contributed by atoms with van der Waals surface area (Å²) in [6.07, 6.45) is 3.69. The summed E-state index contributed by atoms with van der Waals surface area (Å²) in [5.74, 6) is 1.52. The molecule has 0 fully saturated rings. The van der Waals surface area contributed by atoms with Gasteiger partial charge in [-0.05, 0) is 62.1 Å². The molecule has 0 unspecified atom stereocenters. The molecule has 0 spiro atoms. The van der Waals surface area contributed by atoms with Crippen LogP contribution in [0.1, 0.15) is 28.1 Å². The maximum Gasteiger partial charge on any atom is 0.258 e. The number of hydrogen-bond acceptors (Lipinski definition) is 3. The maximum atomic E-state index is 12.3. The summed E-state index contributed by atoms with van der Waals surface area (Å²) in [6, 6.07) is 12.0. The van der Waals surface area contributed by atoms with E-state index in [-0.39, 0.29) is 12.5 Å². The van der Waals surface area contributed by atoms with E-state index in [1.807, 2.05) is 68.8 Å². The Morgan fingerprint density at radius 2 is 1.93 bits per heavy atom. The molecule has 0 aliphatic carbocycles. The highest BCUT2D eigenvalue weighted by Gasteiger charge is 2.10. The Balaban J connectivity index is 1.63. The number of hydrogen-bond donors (Lipinski definition) is 1. The first-order chi connectivity index (χ1) is 13.0. The van der Waals surface area contributed by atoms with E-state index in [1.165, 1.54) is 0 Å². The van der Waals surface area contributed by atoms with E-state index in [1.54, 1.807) is 6.20 Å². The average Bonchev–Trinajstić information content (AvgIpc) is 3.07. The second kappa shape index (κ2) is 8.08. The molecule has 3 aromatic rings. The molecule has 0 aliphatic heterocycles. The number of nitrogens with one attached hydrogen (secondary N) is 1. The highest BCUT2D eigenvalue weighted by molar-refractivity contribution is 5.77. The number of amides is 1. The van der Waals surface area contributed by atoms with Crippen molar-refractivity contribution in [2.24, 2.45) is 0 Å². The molecular formula is C22H25N3O2. The van der Waals surface area contributed by atoms with Crippen LogP contribution in [0.4, 0.5) is 0 Å². The number of carbonyl (C=O) groups excluding carboxylic acids is 1. The predicted molar refractivity (Wildman–Crippen MR) is 106 cm³/mol. The third-order valence-corrected chi connectivity index (χ3v) is 4.68. The fourth-order valence-corrected chi connectivity index (χ4v) is 3.07. The lowest BCUT2D eigenvalue weighted by molar-refractivity contribution is -0.123. The summed E-state index contributed by atoms with van der Waals surface area (Å²) in [4.78, 5) is 16.6. The van der Waals surface area contributed by atoms with Crippen molar-refractivity contribution in [3.63, 3.8) is 0 Å². The van der Waals surface area contributed by atoms with Crippen molar-refractivity contribution in [1.82, 2.24) is 14.9 Å². The monoisotopic (exact) mass is 363 g/mol. The lowest BCUT2D eigenvalue weighted by Crippen LogP contribution is -2.29. The molecule has 1 aromatic heterocycles. The van der Waals surface area contributed by atoms with Gasteiger partial charge in [0.25, 0.3) is 5.91 Å². The van der Waals surface area contributed by atoms with E-state index in [4.69, 9.17) is 4.74 Å². The van der Waals surface area contributed by atoms with Crippen molar-refractivity contribution in [3.05, 3.63) is 76.9 Å². The zero-order valence-electron chi connectivity index (χ0n) is 16.2. The van der Waals surface area contributed by atoms with Gasteiger partial charge in [-0.1, -0.05) is 24.3 Å². The molecule has 2 aromatic carbocycles. The molecule has 0 saturated heterocycles. The molecule has 5 heteroatoms. The van der Waals surface area contributed by atoms with Gasteiger partial charge in [-0.15, -0.1) is 0 Å². The Labute approximate surface area is 160 Å². The molecule has 0 radical (unpaired) electrons. The molecule has 1 N–H and O–H groups in total. The van der Waals surface area contributed by atoms with Crippen molar-refractivity contribution in [2.45, 2.75) is 34.2 Å². The summed E-state index contributed by atoms with van der Waals surface area (Å²) < 4.78 is 7.75. The van der Waals surface area contributed by atoms with Crippen LogP contribution in [0.15, 0.2) is 48.8 Å². The lowest BCUT2D eigenvalue weighted by Gasteiger charge is -2.14. The number of nitrogens with zero attached hydrogens (tertiary/aromatic N) is 2. The van der Waals surface area contributed by atoms with Gasteiger partial charge in [-0.2, -0.15) is 0 Å². The van der Waals surface area contributed by atoms with Gasteiger partial charge in [0.05, 0.1) is 5.69 Å². The molecule has 0 atom stereocenters. The molecule has 0 bridgehead atoms. The minimum absolute atomic E-state index is 0.00396. The van der Waals surface area contributed by atoms with Crippen LogP contribution in [0.3, 0.4) is 0 Å². The third-order valence-electron chi connectivity index (χ3n) is 4.68. The molecule has 27 heavy (non-hydrogen) atoms. The summed E-state index contributed by atoms with van der Waals surface area (Å²) in [7, 11) is 0. The van der Waals surface area contributed by atoms with Crippen LogP contribution < -0.4 is 10.1 Å². The summed E-state index contributed by atoms with van der Waals surface area (Å²) >= 11 is 0. The van der Waals surface area contributed by atoms with E-state index < -0.39 is 0 Å². The van der Waals surface area contributed by atoms with Crippen molar-refractivity contribution < 1.29 is 9.53 Å². The second-order valence-corrected chi connectivity index (χ2v) is 6.74. The van der Waals surface area contributed by atoms with Crippen molar-refractivity contribution in [3.8, 4) is 11.4 Å². The van der Waals surface area contributed by atoms with Crippen LogP contribution in [0.5, 0.6) is 5.75 Å². The van der Waals surface area contributed by atoms with Crippen molar-refractivity contribution in [2.75, 3.05) is 6.61 Å². The molecule has 0 saturated carbocycles. The van der Waals surface area contributed by atoms with Crippen LogP contribution >= 0.6 is 0 Å². The quantitative estimate of drug-likeness (QED) is 0.725. The Morgan fingerprint density at radius 1 is 1.15 bits per heavy atom. The number of imidazole rings is 1. The normalized spacial score (nSPS) is 10.7. The van der Waals surface area contributed by atoms with Gasteiger partial charge in [0, 0.05) is 18.9 Å². The smallest absolute Gasteiger partial charge is 0.258 e. The number of aromatic nitrogens is 2. The predicted octanol–water partition coefficient (Wildman–Crippen LogP) is 3.80. The van der Waals surface area contributed by atoms with Gasteiger partial charge in [-0.3, -0.25) is 4.79 Å². The molecule has 5 nitrogen and oxygen atoms in total. The Bertz CT molecular complexity index is 960. The van der Waals surface area contributed by atoms with Crippen LogP contribution in [-0.4, -0.2) is 22.1 Å². The van der Waals surface area contributed by atoms with Gasteiger partial charge in [0.1, 0.15) is 11.6 Å². The van der Waals surface area contributed by atoms with Crippen molar-refractivity contribution >= 4 is 5.91 Å². The van der Waals surface area contributed by atoms with Crippen LogP contribution in [0.25, 0.3) is 5.69 Å². The average molecular weight is 363 g/mol. The summed E-state index contributed by atoms with van der Waals surface area (Å²) in [5, 5.41) is 2.94. The van der Waals surface area contributed by atoms with Crippen LogP contribution in [0, 0.1) is 27.7 Å². The van der Waals surface area contributed by atoms with E-state index in [0.717, 1.165) is 39.5 Å². The highest BCUT2D eigenvalue weighted by atomic mass is 16.5. The first-order valence-electron chi connectivity index (χ1n) is 9.01. The van der Waals surface area contributed by atoms with Crippen LogP contribution in [0.2, 0.25) is 0 Å². The minimum atomic E-state index is -0.147. The van der Waals surface area contributed by atoms with E-state index in [0.29, 0.717) is 6.54 Å². The number of carbonyl (C=O) groups is 1. The van der Waals surface area contributed by atoms with E-state index >= 15 is 0 Å². The zero-order valence-corrected chi connectivity index (χ0v) is 16.2. The molecular weight excluding hydrogens is 338 g/mol. The number of ether oxygens (including phenoxy) is 1. The molecule has 1 heterocycles. The van der Waals surface area contributed by atoms with Crippen molar-refractivity contribution in [1.29, 1.82) is 0 Å². The highest BCUT2D eigenvalue weighted by Crippen LogP contribution is 2.23. The first kappa shape index (κ1) is 18.7. The topological polar surface area (TPSA) is 56.1 Å². The number of benzene rings is 2. The maximum absolute atomic E-state index is 12.3. The standard InChI is InChI=1S/C22H25N3O2/c1-15-11-16(2)17(3)21(12-15)27-14-22(26)24-13-19-7-5-6-8-20(19)25-10-9-23-18(25)4/h5-12H,13-14H2,1-4H3,(H,24,26). The van der Waals surface area contributed by atoms with Gasteiger partial charge in [0.15, 0.2) is 6.61 Å². The Morgan fingerprint density at radius 3 is 2.67 bits per heavy atom. The number of aryl methyl sites for hydroxylation is 3. The fraction of sp³-hybridized carbons (Fsp3) is 0.273. The molecule has 3 rings (SSSR count). The zero-order chi connectivity index (χ0) is 19.4. The second-order valence-electron chi connectivity index (χ2n) is 6.74. The Kier molecular flexibility index (Phi) is 5.60. The largest absolute Gasteiger partial charge is 0.483 e. The van der Waals surface area contributed by atoms with Gasteiger partial charge < -0.3 is 14.6 Å². The Hall–Kier alpha value is -3.08. The van der Waals surface area contributed by atoms with E-state index in [2.05, 4.69) is 16.4 Å². The number of rotatable bonds is 6. The van der Waals surface area contributed by atoms with Crippen LogP contribution in [-0.2, 0) is 11.3 Å².